The molecule has 0 aliphatic rings. The van der Waals surface area contributed by atoms with Crippen molar-refractivity contribution in [3.63, 3.8) is 0 Å². The minimum atomic E-state index is -0.548. The summed E-state index contributed by atoms with van der Waals surface area (Å²) in [7, 11) is 0. The lowest BCUT2D eigenvalue weighted by molar-refractivity contribution is 0.106. The molecule has 0 heterocycles. The number of carbonyl (C=O) groups excluding carboxylic acids is 1. The summed E-state index contributed by atoms with van der Waals surface area (Å²) >= 11 is 5.75. The monoisotopic (exact) mass is 357 g/mol. The molecule has 25 heavy (non-hydrogen) atoms. The predicted octanol–water partition coefficient (Wildman–Crippen LogP) is 4.95. The molecule has 128 valence electrons. The molecule has 0 aromatic heterocycles. The Kier molecular flexibility index (Phi) is 5.55. The third-order valence-electron chi connectivity index (χ3n) is 3.49. The summed E-state index contributed by atoms with van der Waals surface area (Å²) in [6.45, 7) is 6.21. The van der Waals surface area contributed by atoms with Crippen LogP contribution in [-0.4, -0.2) is 11.5 Å². The normalized spacial score (nSPS) is 11.8. The van der Waals surface area contributed by atoms with Gasteiger partial charge in [-0.1, -0.05) is 56.6 Å². The lowest BCUT2D eigenvalue weighted by atomic mass is 9.86. The number of nitrogens with one attached hydrogen (secondary N) is 1. The van der Waals surface area contributed by atoms with Crippen molar-refractivity contribution in [1.29, 1.82) is 5.26 Å². The molecule has 2 rings (SSSR count). The summed E-state index contributed by atoms with van der Waals surface area (Å²) in [5, 5.41) is 13.1. The zero-order chi connectivity index (χ0) is 18.6. The van der Waals surface area contributed by atoms with Crippen molar-refractivity contribution in [3.8, 4) is 6.07 Å². The molecule has 6 heteroatoms. The van der Waals surface area contributed by atoms with Gasteiger partial charge in [-0.25, -0.2) is 4.39 Å². The average molecular weight is 358 g/mol. The van der Waals surface area contributed by atoms with E-state index in [-0.39, 0.29) is 21.8 Å². The molecule has 0 aliphatic heterocycles. The second kappa shape index (κ2) is 7.45. The predicted molar refractivity (Wildman–Crippen MR) is 97.6 cm³/mol. The minimum absolute atomic E-state index is 0.0358. The zero-order valence-electron chi connectivity index (χ0n) is 14.1. The number of hydrogen-bond donors (Lipinski definition) is 1. The first-order valence-electron chi connectivity index (χ1n) is 7.56. The Balaban J connectivity index is 2.22. The molecule has 0 spiro atoms. The third-order valence-corrected chi connectivity index (χ3v) is 3.71. The van der Waals surface area contributed by atoms with E-state index in [1.807, 2.05) is 12.1 Å². The van der Waals surface area contributed by atoms with Crippen molar-refractivity contribution >= 4 is 28.8 Å². The SMILES string of the molecule is CC(C)(C)c1ccc(C(=O)/C(C#N)=N/Nc2cc(F)cc(Cl)c2)cc1. The highest BCUT2D eigenvalue weighted by Gasteiger charge is 2.17. The first-order valence-corrected chi connectivity index (χ1v) is 7.93. The summed E-state index contributed by atoms with van der Waals surface area (Å²) in [5.74, 6) is -1.06. The van der Waals surface area contributed by atoms with Crippen LogP contribution in [-0.2, 0) is 5.41 Å². The van der Waals surface area contributed by atoms with Crippen molar-refractivity contribution in [3.05, 3.63) is 64.4 Å². The number of benzene rings is 2. The number of anilines is 1. The van der Waals surface area contributed by atoms with Gasteiger partial charge in [0.05, 0.1) is 5.69 Å². The van der Waals surface area contributed by atoms with Crippen LogP contribution < -0.4 is 5.43 Å². The molecular weight excluding hydrogens is 341 g/mol. The molecule has 0 unspecified atom stereocenters. The van der Waals surface area contributed by atoms with E-state index in [4.69, 9.17) is 11.6 Å². The summed E-state index contributed by atoms with van der Waals surface area (Å²) in [4.78, 5) is 12.4. The summed E-state index contributed by atoms with van der Waals surface area (Å²) < 4.78 is 13.3. The van der Waals surface area contributed by atoms with Gasteiger partial charge in [-0.15, -0.1) is 0 Å². The molecule has 0 saturated heterocycles. The fourth-order valence-electron chi connectivity index (χ4n) is 2.12. The number of nitriles is 1. The van der Waals surface area contributed by atoms with Crippen LogP contribution in [0.4, 0.5) is 10.1 Å². The topological polar surface area (TPSA) is 65.2 Å². The van der Waals surface area contributed by atoms with Gasteiger partial charge in [0.25, 0.3) is 0 Å². The number of ketones is 1. The Morgan fingerprint density at radius 2 is 1.84 bits per heavy atom. The molecule has 0 bridgehead atoms. The number of carbonyl (C=O) groups is 1. The lowest BCUT2D eigenvalue weighted by Gasteiger charge is -2.18. The van der Waals surface area contributed by atoms with Crippen LogP contribution in [0.5, 0.6) is 0 Å². The molecular formula is C19H17ClFN3O. The van der Waals surface area contributed by atoms with Gasteiger partial charge in [-0.2, -0.15) is 10.4 Å². The molecule has 0 amide bonds. The lowest BCUT2D eigenvalue weighted by Crippen LogP contribution is -2.15. The van der Waals surface area contributed by atoms with E-state index < -0.39 is 11.6 Å². The molecule has 0 radical (unpaired) electrons. The average Bonchev–Trinajstić information content (AvgIpc) is 2.53. The number of hydrogen-bond acceptors (Lipinski definition) is 4. The zero-order valence-corrected chi connectivity index (χ0v) is 14.9. The van der Waals surface area contributed by atoms with Crippen molar-refractivity contribution in [2.75, 3.05) is 5.43 Å². The van der Waals surface area contributed by atoms with E-state index in [2.05, 4.69) is 31.3 Å². The highest BCUT2D eigenvalue weighted by molar-refractivity contribution is 6.51. The Morgan fingerprint density at radius 3 is 2.36 bits per heavy atom. The van der Waals surface area contributed by atoms with Crippen molar-refractivity contribution < 1.29 is 9.18 Å². The Morgan fingerprint density at radius 1 is 1.20 bits per heavy atom. The summed E-state index contributed by atoms with van der Waals surface area (Å²) in [6, 6.07) is 12.5. The van der Waals surface area contributed by atoms with Gasteiger partial charge in [-0.3, -0.25) is 10.2 Å². The van der Waals surface area contributed by atoms with Crippen molar-refractivity contribution in [2.24, 2.45) is 5.10 Å². The van der Waals surface area contributed by atoms with Crippen LogP contribution in [0.2, 0.25) is 5.02 Å². The van der Waals surface area contributed by atoms with Gasteiger partial charge in [-0.05, 0) is 29.2 Å². The first-order chi connectivity index (χ1) is 11.7. The molecule has 0 fully saturated rings. The largest absolute Gasteiger partial charge is 0.286 e. The van der Waals surface area contributed by atoms with Gasteiger partial charge < -0.3 is 0 Å². The summed E-state index contributed by atoms with van der Waals surface area (Å²) in [5.41, 5.74) is 3.79. The van der Waals surface area contributed by atoms with E-state index in [1.165, 1.54) is 6.07 Å². The van der Waals surface area contributed by atoms with Crippen LogP contribution in [0.15, 0.2) is 47.6 Å². The highest BCUT2D eigenvalue weighted by atomic mass is 35.5. The van der Waals surface area contributed by atoms with E-state index in [9.17, 15) is 14.4 Å². The molecule has 0 saturated carbocycles. The Hall–Kier alpha value is -2.71. The van der Waals surface area contributed by atoms with Gasteiger partial charge in [0.15, 0.2) is 0 Å². The van der Waals surface area contributed by atoms with Crippen LogP contribution in [0, 0.1) is 17.1 Å². The van der Waals surface area contributed by atoms with Crippen LogP contribution in [0.3, 0.4) is 0 Å². The number of nitrogens with zero attached hydrogens (tertiary/aromatic N) is 2. The number of rotatable bonds is 4. The molecule has 2 aromatic carbocycles. The number of halogens is 2. The molecule has 4 nitrogen and oxygen atoms in total. The molecule has 0 aliphatic carbocycles. The maximum Gasteiger partial charge on any atom is 0.223 e. The second-order valence-corrected chi connectivity index (χ2v) is 6.94. The smallest absolute Gasteiger partial charge is 0.223 e. The van der Waals surface area contributed by atoms with Gasteiger partial charge in [0.1, 0.15) is 11.9 Å². The third kappa shape index (κ3) is 4.88. The van der Waals surface area contributed by atoms with E-state index >= 15 is 0 Å². The van der Waals surface area contributed by atoms with E-state index in [0.717, 1.165) is 17.7 Å². The van der Waals surface area contributed by atoms with Gasteiger partial charge in [0, 0.05) is 10.6 Å². The maximum atomic E-state index is 13.3. The molecule has 1 N–H and O–H groups in total. The van der Waals surface area contributed by atoms with Crippen molar-refractivity contribution in [2.45, 2.75) is 26.2 Å². The Labute approximate surface area is 150 Å². The van der Waals surface area contributed by atoms with E-state index in [1.54, 1.807) is 18.2 Å². The van der Waals surface area contributed by atoms with Crippen molar-refractivity contribution in [1.82, 2.24) is 0 Å². The fourth-order valence-corrected chi connectivity index (χ4v) is 2.35. The highest BCUT2D eigenvalue weighted by Crippen LogP contribution is 2.22. The van der Waals surface area contributed by atoms with Crippen LogP contribution in [0.1, 0.15) is 36.7 Å². The quantitative estimate of drug-likeness (QED) is 0.478. The van der Waals surface area contributed by atoms with Gasteiger partial charge in [0.2, 0.25) is 11.5 Å². The van der Waals surface area contributed by atoms with Gasteiger partial charge >= 0.3 is 0 Å². The second-order valence-electron chi connectivity index (χ2n) is 6.50. The molecule has 2 aromatic rings. The minimum Gasteiger partial charge on any atom is -0.286 e. The number of Topliss-reactive ketones (excluding diaryl/α,β-unsaturated/α-hetero) is 1. The maximum absolute atomic E-state index is 13.3. The number of hydrazone groups is 1. The Bertz CT molecular complexity index is 841. The fraction of sp³-hybridized carbons (Fsp3) is 0.211. The molecule has 0 atom stereocenters. The van der Waals surface area contributed by atoms with E-state index in [0.29, 0.717) is 5.56 Å². The van der Waals surface area contributed by atoms with Crippen LogP contribution in [0.25, 0.3) is 0 Å². The standard InChI is InChI=1S/C19H17ClFN3O/c1-19(2,3)13-6-4-12(5-7-13)18(25)17(11-22)24-23-16-9-14(20)8-15(21)10-16/h4-10,23H,1-3H3/b24-17+. The summed E-state index contributed by atoms with van der Waals surface area (Å²) in [6.07, 6.45) is 0. The van der Waals surface area contributed by atoms with Crippen LogP contribution >= 0.6 is 11.6 Å². The first kappa shape index (κ1) is 18.6.